The van der Waals surface area contributed by atoms with Gasteiger partial charge in [-0.3, -0.25) is 4.79 Å². The molecule has 0 aliphatic carbocycles. The van der Waals surface area contributed by atoms with E-state index in [2.05, 4.69) is 17.1 Å². The molecule has 4 rings (SSSR count). The van der Waals surface area contributed by atoms with E-state index in [-0.39, 0.29) is 17.8 Å². The topological polar surface area (TPSA) is 74.5 Å². The first-order valence-electron chi connectivity index (χ1n) is 8.67. The van der Waals surface area contributed by atoms with Crippen molar-refractivity contribution in [2.24, 2.45) is 0 Å². The third-order valence-electron chi connectivity index (χ3n) is 4.32. The van der Waals surface area contributed by atoms with Gasteiger partial charge in [0.2, 0.25) is 12.7 Å². The van der Waals surface area contributed by atoms with Crippen LogP contribution < -0.4 is 9.47 Å². The molecule has 1 aliphatic rings. The molecule has 1 aromatic heterocycles. The quantitative estimate of drug-likeness (QED) is 0.462. The highest BCUT2D eigenvalue weighted by Crippen LogP contribution is 2.36. The zero-order valence-electron chi connectivity index (χ0n) is 15.0. The van der Waals surface area contributed by atoms with Crippen LogP contribution in [0.4, 0.5) is 0 Å². The SMILES string of the molecule is CCc1ccc(C(=O)[C@@H](C)Sc2nnc(-c3ccc4c(c3)OCO4)o2)cc1. The van der Waals surface area contributed by atoms with Gasteiger partial charge >= 0.3 is 0 Å². The number of fused-ring (bicyclic) bond motifs is 1. The molecule has 0 saturated carbocycles. The number of hydrogen-bond acceptors (Lipinski definition) is 7. The van der Waals surface area contributed by atoms with Crippen LogP contribution in [0.15, 0.2) is 52.1 Å². The summed E-state index contributed by atoms with van der Waals surface area (Å²) in [7, 11) is 0. The van der Waals surface area contributed by atoms with Crippen molar-refractivity contribution in [3.05, 3.63) is 53.6 Å². The van der Waals surface area contributed by atoms with Crippen LogP contribution in [-0.4, -0.2) is 28.0 Å². The van der Waals surface area contributed by atoms with Gasteiger partial charge in [0, 0.05) is 11.1 Å². The van der Waals surface area contributed by atoms with Crippen LogP contribution in [-0.2, 0) is 6.42 Å². The molecule has 0 N–H and O–H groups in total. The fraction of sp³-hybridized carbons (Fsp3) is 0.250. The van der Waals surface area contributed by atoms with Crippen molar-refractivity contribution in [3.63, 3.8) is 0 Å². The smallest absolute Gasteiger partial charge is 0.277 e. The lowest BCUT2D eigenvalue weighted by Gasteiger charge is -2.08. The van der Waals surface area contributed by atoms with Crippen LogP contribution in [0.5, 0.6) is 11.5 Å². The van der Waals surface area contributed by atoms with E-state index in [1.54, 1.807) is 12.1 Å². The third-order valence-corrected chi connectivity index (χ3v) is 5.25. The predicted octanol–water partition coefficient (Wildman–Crippen LogP) is 4.39. The van der Waals surface area contributed by atoms with E-state index in [9.17, 15) is 4.79 Å². The molecule has 0 amide bonds. The van der Waals surface area contributed by atoms with Gasteiger partial charge in [-0.15, -0.1) is 10.2 Å². The lowest BCUT2D eigenvalue weighted by atomic mass is 10.1. The Hall–Kier alpha value is -2.80. The first-order chi connectivity index (χ1) is 13.1. The van der Waals surface area contributed by atoms with Gasteiger partial charge in [0.05, 0.1) is 5.25 Å². The van der Waals surface area contributed by atoms with Crippen molar-refractivity contribution < 1.29 is 18.7 Å². The van der Waals surface area contributed by atoms with Gasteiger partial charge in [0.1, 0.15) is 0 Å². The number of ether oxygens (including phenoxy) is 2. The highest BCUT2D eigenvalue weighted by Gasteiger charge is 2.21. The van der Waals surface area contributed by atoms with E-state index in [4.69, 9.17) is 13.9 Å². The fourth-order valence-electron chi connectivity index (χ4n) is 2.75. The molecule has 7 heteroatoms. The largest absolute Gasteiger partial charge is 0.454 e. The Morgan fingerprint density at radius 2 is 1.89 bits per heavy atom. The Balaban J connectivity index is 1.46. The Morgan fingerprint density at radius 3 is 2.67 bits per heavy atom. The summed E-state index contributed by atoms with van der Waals surface area (Å²) < 4.78 is 16.4. The van der Waals surface area contributed by atoms with Gasteiger partial charge in [-0.1, -0.05) is 43.0 Å². The Morgan fingerprint density at radius 1 is 1.11 bits per heavy atom. The molecule has 1 aliphatic heterocycles. The monoisotopic (exact) mass is 382 g/mol. The minimum Gasteiger partial charge on any atom is -0.454 e. The summed E-state index contributed by atoms with van der Waals surface area (Å²) in [6, 6.07) is 13.1. The van der Waals surface area contributed by atoms with Crippen molar-refractivity contribution in [1.29, 1.82) is 0 Å². The van der Waals surface area contributed by atoms with Crippen LogP contribution in [0.25, 0.3) is 11.5 Å². The number of nitrogens with zero attached hydrogens (tertiary/aromatic N) is 2. The average molecular weight is 382 g/mol. The molecular formula is C20H18N2O4S. The highest BCUT2D eigenvalue weighted by atomic mass is 32.2. The number of carbonyl (C=O) groups excluding carboxylic acids is 1. The minimum absolute atomic E-state index is 0.0329. The van der Waals surface area contributed by atoms with E-state index in [0.717, 1.165) is 12.0 Å². The van der Waals surface area contributed by atoms with Crippen molar-refractivity contribution >= 4 is 17.5 Å². The maximum Gasteiger partial charge on any atom is 0.277 e. The number of aryl methyl sites for hydroxylation is 1. The molecule has 0 saturated heterocycles. The number of Topliss-reactive ketones (excluding diaryl/α,β-unsaturated/α-hetero) is 1. The fourth-order valence-corrected chi connectivity index (χ4v) is 3.51. The molecule has 2 aromatic carbocycles. The first kappa shape index (κ1) is 17.6. The molecular weight excluding hydrogens is 364 g/mol. The molecule has 6 nitrogen and oxygen atoms in total. The van der Waals surface area contributed by atoms with Crippen molar-refractivity contribution in [1.82, 2.24) is 10.2 Å². The summed E-state index contributed by atoms with van der Waals surface area (Å²) in [5.74, 6) is 1.76. The van der Waals surface area contributed by atoms with Gasteiger partial charge in [0.15, 0.2) is 17.3 Å². The molecule has 2 heterocycles. The molecule has 0 radical (unpaired) electrons. The summed E-state index contributed by atoms with van der Waals surface area (Å²) in [5.41, 5.74) is 2.63. The van der Waals surface area contributed by atoms with E-state index in [1.807, 2.05) is 37.3 Å². The van der Waals surface area contributed by atoms with E-state index in [0.29, 0.717) is 28.2 Å². The second kappa shape index (κ2) is 7.44. The number of benzene rings is 2. The van der Waals surface area contributed by atoms with Crippen molar-refractivity contribution in [3.8, 4) is 23.0 Å². The number of ketones is 1. The first-order valence-corrected chi connectivity index (χ1v) is 9.55. The maximum absolute atomic E-state index is 12.6. The number of thioether (sulfide) groups is 1. The van der Waals surface area contributed by atoms with Crippen LogP contribution in [0.2, 0.25) is 0 Å². The maximum atomic E-state index is 12.6. The van der Waals surface area contributed by atoms with E-state index in [1.165, 1.54) is 17.3 Å². The zero-order valence-corrected chi connectivity index (χ0v) is 15.8. The standard InChI is InChI=1S/C20H18N2O4S/c1-3-13-4-6-14(7-5-13)18(23)12(2)27-20-22-21-19(26-20)15-8-9-16-17(10-15)25-11-24-16/h4-10,12H,3,11H2,1-2H3/t12-/m1/s1. The van der Waals surface area contributed by atoms with Crippen LogP contribution >= 0.6 is 11.8 Å². The lowest BCUT2D eigenvalue weighted by molar-refractivity contribution is 0.0993. The summed E-state index contributed by atoms with van der Waals surface area (Å²) in [4.78, 5) is 12.6. The molecule has 0 fully saturated rings. The van der Waals surface area contributed by atoms with Crippen LogP contribution in [0.3, 0.4) is 0 Å². The van der Waals surface area contributed by atoms with Gasteiger partial charge in [-0.2, -0.15) is 0 Å². The van der Waals surface area contributed by atoms with E-state index >= 15 is 0 Å². The number of hydrogen-bond donors (Lipinski definition) is 0. The molecule has 138 valence electrons. The summed E-state index contributed by atoms with van der Waals surface area (Å²) >= 11 is 1.25. The van der Waals surface area contributed by atoms with Crippen LogP contribution in [0.1, 0.15) is 29.8 Å². The summed E-state index contributed by atoms with van der Waals surface area (Å²) in [6.07, 6.45) is 0.948. The Labute approximate surface area is 160 Å². The normalized spacial score (nSPS) is 13.6. The highest BCUT2D eigenvalue weighted by molar-refractivity contribution is 8.00. The number of aromatic nitrogens is 2. The van der Waals surface area contributed by atoms with Crippen molar-refractivity contribution in [2.45, 2.75) is 30.7 Å². The Kier molecular flexibility index (Phi) is 4.85. The minimum atomic E-state index is -0.331. The number of rotatable bonds is 6. The van der Waals surface area contributed by atoms with Gasteiger partial charge in [0.25, 0.3) is 5.22 Å². The van der Waals surface area contributed by atoms with E-state index < -0.39 is 0 Å². The molecule has 0 spiro atoms. The molecule has 0 bridgehead atoms. The molecule has 0 unspecified atom stereocenters. The average Bonchev–Trinajstić information content (AvgIpc) is 3.36. The van der Waals surface area contributed by atoms with Gasteiger partial charge in [-0.05, 0) is 37.1 Å². The molecule has 1 atom stereocenters. The van der Waals surface area contributed by atoms with Gasteiger partial charge < -0.3 is 13.9 Å². The second-order valence-electron chi connectivity index (χ2n) is 6.12. The summed E-state index contributed by atoms with van der Waals surface area (Å²) in [6.45, 7) is 4.14. The Bertz CT molecular complexity index is 968. The number of carbonyl (C=O) groups is 1. The van der Waals surface area contributed by atoms with Crippen LogP contribution in [0, 0.1) is 0 Å². The second-order valence-corrected chi connectivity index (χ2v) is 7.41. The molecule has 3 aromatic rings. The molecule has 27 heavy (non-hydrogen) atoms. The van der Waals surface area contributed by atoms with Gasteiger partial charge in [-0.25, -0.2) is 0 Å². The third kappa shape index (κ3) is 3.68. The summed E-state index contributed by atoms with van der Waals surface area (Å²) in [5, 5.41) is 8.15. The zero-order chi connectivity index (χ0) is 18.8. The lowest BCUT2D eigenvalue weighted by Crippen LogP contribution is -2.13. The van der Waals surface area contributed by atoms with Crippen molar-refractivity contribution in [2.75, 3.05) is 6.79 Å². The predicted molar refractivity (Wildman–Crippen MR) is 101 cm³/mol.